The van der Waals surface area contributed by atoms with Gasteiger partial charge in [0, 0.05) is 12.1 Å². The summed E-state index contributed by atoms with van der Waals surface area (Å²) < 4.78 is 10.8. The highest BCUT2D eigenvalue weighted by Gasteiger charge is 2.07. The van der Waals surface area contributed by atoms with Crippen molar-refractivity contribution in [3.05, 3.63) is 62.6 Å². The van der Waals surface area contributed by atoms with Crippen molar-refractivity contribution in [3.63, 3.8) is 0 Å². The van der Waals surface area contributed by atoms with Crippen molar-refractivity contribution >= 4 is 39.5 Å². The molecule has 2 aromatic carbocycles. The van der Waals surface area contributed by atoms with Crippen LogP contribution >= 0.6 is 15.9 Å². The normalized spacial score (nSPS) is 10.5. The van der Waals surface area contributed by atoms with Crippen LogP contribution in [0.4, 0.5) is 11.4 Å². The summed E-state index contributed by atoms with van der Waals surface area (Å²) in [5.41, 5.74) is 4.21. The zero-order valence-corrected chi connectivity index (χ0v) is 15.4. The third-order valence-corrected chi connectivity index (χ3v) is 3.71. The van der Waals surface area contributed by atoms with Crippen molar-refractivity contribution in [1.29, 1.82) is 0 Å². The second kappa shape index (κ2) is 9.52. The highest BCUT2D eigenvalue weighted by atomic mass is 79.9. The van der Waals surface area contributed by atoms with Crippen LogP contribution < -0.4 is 10.2 Å². The lowest BCUT2D eigenvalue weighted by molar-refractivity contribution is -0.384. The monoisotopic (exact) mass is 421 g/mol. The summed E-state index contributed by atoms with van der Waals surface area (Å²) in [6, 6.07) is 11.2. The summed E-state index contributed by atoms with van der Waals surface area (Å²) in [5, 5.41) is 14.7. The molecular formula is C17H16BrN3O5. The van der Waals surface area contributed by atoms with E-state index in [2.05, 4.69) is 26.5 Å². The van der Waals surface area contributed by atoms with E-state index in [9.17, 15) is 14.9 Å². The first-order valence-electron chi connectivity index (χ1n) is 7.61. The summed E-state index contributed by atoms with van der Waals surface area (Å²) in [6.45, 7) is 1.87. The molecule has 0 spiro atoms. The number of halogens is 1. The molecule has 0 aliphatic rings. The Morgan fingerprint density at radius 1 is 1.31 bits per heavy atom. The fraction of sp³-hybridized carbons (Fsp3) is 0.176. The number of hydrogen-bond donors (Lipinski definition) is 1. The van der Waals surface area contributed by atoms with E-state index < -0.39 is 10.9 Å². The van der Waals surface area contributed by atoms with E-state index >= 15 is 0 Å². The van der Waals surface area contributed by atoms with Gasteiger partial charge in [0.15, 0.2) is 6.61 Å². The summed E-state index contributed by atoms with van der Waals surface area (Å²) >= 11 is 3.37. The standard InChI is InChI=1S/C17H16BrN3O5/c1-2-25-17(22)11-26-16-8-3-12(9-15(16)18)10-19-20-13-4-6-14(7-5-13)21(23)24/h3-10,20H,2,11H2,1H3. The minimum atomic E-state index is -0.462. The molecule has 2 rings (SSSR count). The number of nitro groups is 1. The lowest BCUT2D eigenvalue weighted by Gasteiger charge is -2.08. The number of nitro benzene ring substituents is 1. The van der Waals surface area contributed by atoms with Crippen molar-refractivity contribution in [1.82, 2.24) is 0 Å². The number of non-ortho nitro benzene ring substituents is 1. The van der Waals surface area contributed by atoms with Gasteiger partial charge in [-0.25, -0.2) is 4.79 Å². The predicted octanol–water partition coefficient (Wildman–Crippen LogP) is 3.75. The van der Waals surface area contributed by atoms with E-state index in [0.29, 0.717) is 22.5 Å². The van der Waals surface area contributed by atoms with Crippen LogP contribution in [0.3, 0.4) is 0 Å². The Kier molecular flexibility index (Phi) is 7.10. The second-order valence-corrected chi connectivity index (χ2v) is 5.81. The smallest absolute Gasteiger partial charge is 0.344 e. The Morgan fingerprint density at radius 2 is 2.04 bits per heavy atom. The van der Waals surface area contributed by atoms with Gasteiger partial charge < -0.3 is 9.47 Å². The number of rotatable bonds is 8. The van der Waals surface area contributed by atoms with Crippen LogP contribution in [0.5, 0.6) is 5.75 Å². The van der Waals surface area contributed by atoms with E-state index in [1.165, 1.54) is 12.1 Å². The molecule has 0 heterocycles. The van der Waals surface area contributed by atoms with Gasteiger partial charge >= 0.3 is 5.97 Å². The number of nitrogens with one attached hydrogen (secondary N) is 1. The molecule has 0 amide bonds. The second-order valence-electron chi connectivity index (χ2n) is 4.96. The van der Waals surface area contributed by atoms with Gasteiger partial charge in [0.05, 0.1) is 27.9 Å². The number of carbonyl (C=O) groups is 1. The first kappa shape index (κ1) is 19.4. The van der Waals surface area contributed by atoms with Gasteiger partial charge in [-0.3, -0.25) is 15.5 Å². The zero-order valence-electron chi connectivity index (χ0n) is 13.8. The molecule has 0 aliphatic carbocycles. The van der Waals surface area contributed by atoms with Gasteiger partial charge in [-0.2, -0.15) is 5.10 Å². The molecule has 0 saturated heterocycles. The maximum atomic E-state index is 11.3. The molecule has 1 N–H and O–H groups in total. The van der Waals surface area contributed by atoms with E-state index in [1.54, 1.807) is 43.5 Å². The van der Waals surface area contributed by atoms with Gasteiger partial charge in [0.25, 0.3) is 5.69 Å². The summed E-state index contributed by atoms with van der Waals surface area (Å²) in [4.78, 5) is 21.4. The quantitative estimate of drug-likeness (QED) is 0.301. The van der Waals surface area contributed by atoms with Crippen molar-refractivity contribution in [2.24, 2.45) is 5.10 Å². The van der Waals surface area contributed by atoms with Crippen LogP contribution in [0.2, 0.25) is 0 Å². The number of nitrogens with zero attached hydrogens (tertiary/aromatic N) is 2. The van der Waals surface area contributed by atoms with Gasteiger partial charge in [0.1, 0.15) is 5.75 Å². The molecule has 0 saturated carbocycles. The van der Waals surface area contributed by atoms with Gasteiger partial charge in [-0.1, -0.05) is 0 Å². The van der Waals surface area contributed by atoms with Gasteiger partial charge in [0.2, 0.25) is 0 Å². The molecule has 9 heteroatoms. The number of esters is 1. The third-order valence-electron chi connectivity index (χ3n) is 3.09. The first-order chi connectivity index (χ1) is 12.5. The molecular weight excluding hydrogens is 406 g/mol. The maximum Gasteiger partial charge on any atom is 0.344 e. The Balaban J connectivity index is 1.92. The molecule has 0 bridgehead atoms. The topological polar surface area (TPSA) is 103 Å². The lowest BCUT2D eigenvalue weighted by Crippen LogP contribution is -2.14. The van der Waals surface area contributed by atoms with Crippen LogP contribution in [-0.4, -0.2) is 30.3 Å². The molecule has 2 aromatic rings. The molecule has 0 atom stereocenters. The van der Waals surface area contributed by atoms with Crippen LogP contribution in [-0.2, 0) is 9.53 Å². The fourth-order valence-electron chi connectivity index (χ4n) is 1.89. The average Bonchev–Trinajstić information content (AvgIpc) is 2.61. The first-order valence-corrected chi connectivity index (χ1v) is 8.40. The Bertz CT molecular complexity index is 809. The maximum absolute atomic E-state index is 11.3. The van der Waals surface area contributed by atoms with E-state index in [1.807, 2.05) is 0 Å². The molecule has 0 aliphatic heterocycles. The van der Waals surface area contributed by atoms with Gasteiger partial charge in [-0.15, -0.1) is 0 Å². The summed E-state index contributed by atoms with van der Waals surface area (Å²) in [7, 11) is 0. The molecule has 26 heavy (non-hydrogen) atoms. The number of benzene rings is 2. The van der Waals surface area contributed by atoms with Gasteiger partial charge in [-0.05, 0) is 58.7 Å². The average molecular weight is 422 g/mol. The Labute approximate surface area is 158 Å². The summed E-state index contributed by atoms with van der Waals surface area (Å²) in [6.07, 6.45) is 1.58. The Hall–Kier alpha value is -2.94. The largest absolute Gasteiger partial charge is 0.481 e. The van der Waals surface area contributed by atoms with Crippen molar-refractivity contribution in [3.8, 4) is 5.75 Å². The van der Waals surface area contributed by atoms with Crippen LogP contribution in [0, 0.1) is 10.1 Å². The summed E-state index contributed by atoms with van der Waals surface area (Å²) in [5.74, 6) is 0.0795. The minimum absolute atomic E-state index is 0.0156. The molecule has 0 aromatic heterocycles. The van der Waals surface area contributed by atoms with Crippen molar-refractivity contribution in [2.45, 2.75) is 6.92 Å². The van der Waals surface area contributed by atoms with E-state index in [0.717, 1.165) is 5.56 Å². The molecule has 8 nitrogen and oxygen atoms in total. The van der Waals surface area contributed by atoms with Crippen LogP contribution in [0.1, 0.15) is 12.5 Å². The lowest BCUT2D eigenvalue weighted by atomic mass is 10.2. The van der Waals surface area contributed by atoms with Crippen LogP contribution in [0.25, 0.3) is 0 Å². The zero-order chi connectivity index (χ0) is 18.9. The number of anilines is 1. The van der Waals surface area contributed by atoms with E-state index in [4.69, 9.17) is 9.47 Å². The number of ether oxygens (including phenoxy) is 2. The SMILES string of the molecule is CCOC(=O)COc1ccc(C=NNc2ccc([N+](=O)[O-])cc2)cc1Br. The number of carbonyl (C=O) groups excluding carboxylic acids is 1. The highest BCUT2D eigenvalue weighted by molar-refractivity contribution is 9.10. The highest BCUT2D eigenvalue weighted by Crippen LogP contribution is 2.25. The molecule has 0 fully saturated rings. The van der Waals surface area contributed by atoms with E-state index in [-0.39, 0.29) is 12.3 Å². The third kappa shape index (κ3) is 5.85. The molecule has 0 unspecified atom stereocenters. The van der Waals surface area contributed by atoms with Crippen molar-refractivity contribution < 1.29 is 19.2 Å². The number of hydrogen-bond acceptors (Lipinski definition) is 7. The number of hydrazone groups is 1. The minimum Gasteiger partial charge on any atom is -0.481 e. The van der Waals surface area contributed by atoms with Crippen LogP contribution in [0.15, 0.2) is 52.0 Å². The molecule has 136 valence electrons. The fourth-order valence-corrected chi connectivity index (χ4v) is 2.40. The van der Waals surface area contributed by atoms with Crippen molar-refractivity contribution in [2.75, 3.05) is 18.6 Å². The Morgan fingerprint density at radius 3 is 2.65 bits per heavy atom. The predicted molar refractivity (Wildman–Crippen MR) is 101 cm³/mol. The molecule has 0 radical (unpaired) electrons.